The van der Waals surface area contributed by atoms with Crippen LogP contribution in [0.15, 0.2) is 42.5 Å². The fraction of sp³-hybridized carbons (Fsp3) is 0.0769. The zero-order valence-electron chi connectivity index (χ0n) is 8.79. The highest BCUT2D eigenvalue weighted by Crippen LogP contribution is 2.25. The highest BCUT2D eigenvalue weighted by molar-refractivity contribution is 6.17. The monoisotopic (exact) mass is 254 g/mol. The van der Waals surface area contributed by atoms with Crippen LogP contribution in [-0.2, 0) is 5.88 Å². The Kier molecular flexibility index (Phi) is 3.59. The number of alkyl halides is 1. The van der Waals surface area contributed by atoms with Gasteiger partial charge in [0.1, 0.15) is 11.6 Å². The van der Waals surface area contributed by atoms with E-state index in [4.69, 9.17) is 16.3 Å². The molecule has 0 radical (unpaired) electrons. The van der Waals surface area contributed by atoms with Crippen LogP contribution >= 0.6 is 11.6 Å². The third-order valence-electron chi connectivity index (χ3n) is 2.20. The lowest BCUT2D eigenvalue weighted by Crippen LogP contribution is -1.89. The van der Waals surface area contributed by atoms with Crippen molar-refractivity contribution in [1.29, 1.82) is 0 Å². The largest absolute Gasteiger partial charge is 0.454 e. The molecule has 0 bridgehead atoms. The molecular weight excluding hydrogens is 246 g/mol. The Morgan fingerprint density at radius 2 is 1.71 bits per heavy atom. The third kappa shape index (κ3) is 2.94. The molecule has 0 heterocycles. The van der Waals surface area contributed by atoms with Gasteiger partial charge in [0.15, 0.2) is 11.6 Å². The second-order valence-electron chi connectivity index (χ2n) is 3.45. The molecule has 88 valence electrons. The molecule has 0 unspecified atom stereocenters. The van der Waals surface area contributed by atoms with Crippen LogP contribution in [-0.4, -0.2) is 0 Å². The van der Waals surface area contributed by atoms with Crippen LogP contribution in [0.25, 0.3) is 0 Å². The molecule has 2 aromatic carbocycles. The number of hydrogen-bond donors (Lipinski definition) is 0. The molecule has 0 aliphatic heterocycles. The second kappa shape index (κ2) is 5.15. The molecule has 0 spiro atoms. The summed E-state index contributed by atoms with van der Waals surface area (Å²) >= 11 is 5.64. The molecule has 0 aliphatic carbocycles. The molecule has 1 nitrogen and oxygen atoms in total. The summed E-state index contributed by atoms with van der Waals surface area (Å²) in [5.74, 6) is -0.451. The summed E-state index contributed by atoms with van der Waals surface area (Å²) in [4.78, 5) is 0. The van der Waals surface area contributed by atoms with E-state index in [1.54, 1.807) is 24.3 Å². The van der Waals surface area contributed by atoms with Crippen LogP contribution in [0.1, 0.15) is 5.56 Å². The molecule has 0 saturated heterocycles. The summed E-state index contributed by atoms with van der Waals surface area (Å²) in [6.45, 7) is 0. The average molecular weight is 255 g/mol. The van der Waals surface area contributed by atoms with E-state index >= 15 is 0 Å². The van der Waals surface area contributed by atoms with Crippen LogP contribution in [0, 0.1) is 11.6 Å². The molecule has 2 rings (SSSR count). The van der Waals surface area contributed by atoms with Crippen molar-refractivity contribution in [3.05, 3.63) is 59.7 Å². The van der Waals surface area contributed by atoms with Crippen molar-refractivity contribution in [3.63, 3.8) is 0 Å². The highest BCUT2D eigenvalue weighted by Gasteiger charge is 2.06. The zero-order valence-corrected chi connectivity index (χ0v) is 9.55. The standard InChI is InChI=1S/C13H9ClF2O/c14-8-9-1-4-11(5-2-9)17-13-7-10(15)3-6-12(13)16/h1-7H,8H2. The molecule has 0 saturated carbocycles. The number of halogens is 3. The van der Waals surface area contributed by atoms with Crippen molar-refractivity contribution in [2.24, 2.45) is 0 Å². The molecule has 0 aliphatic rings. The molecule has 0 aromatic heterocycles. The van der Waals surface area contributed by atoms with E-state index in [2.05, 4.69) is 0 Å². The third-order valence-corrected chi connectivity index (χ3v) is 2.51. The van der Waals surface area contributed by atoms with Gasteiger partial charge in [0, 0.05) is 11.9 Å². The Bertz CT molecular complexity index is 511. The van der Waals surface area contributed by atoms with Crippen molar-refractivity contribution in [2.45, 2.75) is 5.88 Å². The SMILES string of the molecule is Fc1ccc(F)c(Oc2ccc(CCl)cc2)c1. The summed E-state index contributed by atoms with van der Waals surface area (Å²) in [5.41, 5.74) is 0.929. The Hall–Kier alpha value is -1.61. The molecule has 0 atom stereocenters. The molecule has 17 heavy (non-hydrogen) atoms. The van der Waals surface area contributed by atoms with Gasteiger partial charge in [-0.1, -0.05) is 12.1 Å². The predicted molar refractivity (Wildman–Crippen MR) is 62.4 cm³/mol. The first-order chi connectivity index (χ1) is 8.19. The van der Waals surface area contributed by atoms with E-state index in [1.807, 2.05) is 0 Å². The van der Waals surface area contributed by atoms with E-state index in [-0.39, 0.29) is 5.75 Å². The lowest BCUT2D eigenvalue weighted by molar-refractivity contribution is 0.436. The van der Waals surface area contributed by atoms with Gasteiger partial charge in [-0.2, -0.15) is 0 Å². The molecular formula is C13H9ClF2O. The maximum absolute atomic E-state index is 13.3. The van der Waals surface area contributed by atoms with Gasteiger partial charge in [0.25, 0.3) is 0 Å². The minimum absolute atomic E-state index is 0.136. The smallest absolute Gasteiger partial charge is 0.165 e. The summed E-state index contributed by atoms with van der Waals surface area (Å²) < 4.78 is 31.4. The molecule has 0 N–H and O–H groups in total. The maximum Gasteiger partial charge on any atom is 0.165 e. The second-order valence-corrected chi connectivity index (χ2v) is 3.72. The number of ether oxygens (including phenoxy) is 1. The van der Waals surface area contributed by atoms with Gasteiger partial charge in [-0.25, -0.2) is 8.78 Å². The van der Waals surface area contributed by atoms with E-state index in [0.717, 1.165) is 23.8 Å². The summed E-state index contributed by atoms with van der Waals surface area (Å²) in [6.07, 6.45) is 0. The number of rotatable bonds is 3. The van der Waals surface area contributed by atoms with E-state index in [1.165, 1.54) is 0 Å². The summed E-state index contributed by atoms with van der Waals surface area (Å²) in [7, 11) is 0. The van der Waals surface area contributed by atoms with Gasteiger partial charge in [-0.3, -0.25) is 0 Å². The average Bonchev–Trinajstić information content (AvgIpc) is 2.35. The first kappa shape index (κ1) is 11.9. The summed E-state index contributed by atoms with van der Waals surface area (Å²) in [5, 5.41) is 0. The van der Waals surface area contributed by atoms with Crippen molar-refractivity contribution in [1.82, 2.24) is 0 Å². The highest BCUT2D eigenvalue weighted by atomic mass is 35.5. The number of benzene rings is 2. The lowest BCUT2D eigenvalue weighted by atomic mass is 10.2. The van der Waals surface area contributed by atoms with Crippen LogP contribution in [0.2, 0.25) is 0 Å². The van der Waals surface area contributed by atoms with E-state index < -0.39 is 11.6 Å². The maximum atomic E-state index is 13.3. The molecule has 0 fully saturated rings. The van der Waals surface area contributed by atoms with Crippen molar-refractivity contribution in [2.75, 3.05) is 0 Å². The Balaban J connectivity index is 2.22. The van der Waals surface area contributed by atoms with Gasteiger partial charge in [0.2, 0.25) is 0 Å². The zero-order chi connectivity index (χ0) is 12.3. The first-order valence-electron chi connectivity index (χ1n) is 4.97. The van der Waals surface area contributed by atoms with Gasteiger partial charge in [-0.05, 0) is 29.8 Å². The normalized spacial score (nSPS) is 10.3. The van der Waals surface area contributed by atoms with Crippen molar-refractivity contribution in [3.8, 4) is 11.5 Å². The predicted octanol–water partition coefficient (Wildman–Crippen LogP) is 4.50. The Morgan fingerprint density at radius 1 is 1.00 bits per heavy atom. The fourth-order valence-corrected chi connectivity index (χ4v) is 1.51. The van der Waals surface area contributed by atoms with Crippen LogP contribution in [0.4, 0.5) is 8.78 Å². The first-order valence-corrected chi connectivity index (χ1v) is 5.50. The van der Waals surface area contributed by atoms with E-state index in [0.29, 0.717) is 11.6 Å². The van der Waals surface area contributed by atoms with Gasteiger partial charge < -0.3 is 4.74 Å². The van der Waals surface area contributed by atoms with Gasteiger partial charge in [-0.15, -0.1) is 11.6 Å². The number of hydrogen-bond acceptors (Lipinski definition) is 1. The minimum atomic E-state index is -0.604. The van der Waals surface area contributed by atoms with Crippen LogP contribution in [0.5, 0.6) is 11.5 Å². The minimum Gasteiger partial charge on any atom is -0.454 e. The van der Waals surface area contributed by atoms with Crippen molar-refractivity contribution < 1.29 is 13.5 Å². The quantitative estimate of drug-likeness (QED) is 0.733. The van der Waals surface area contributed by atoms with Gasteiger partial charge in [0.05, 0.1) is 0 Å². The lowest BCUT2D eigenvalue weighted by Gasteiger charge is -2.07. The molecule has 4 heteroatoms. The fourth-order valence-electron chi connectivity index (χ4n) is 1.33. The Morgan fingerprint density at radius 3 is 2.35 bits per heavy atom. The van der Waals surface area contributed by atoms with Crippen LogP contribution in [0.3, 0.4) is 0 Å². The molecule has 0 amide bonds. The summed E-state index contributed by atoms with van der Waals surface area (Å²) in [6, 6.07) is 9.91. The van der Waals surface area contributed by atoms with Crippen LogP contribution < -0.4 is 4.74 Å². The van der Waals surface area contributed by atoms with E-state index in [9.17, 15) is 8.78 Å². The van der Waals surface area contributed by atoms with Gasteiger partial charge >= 0.3 is 0 Å². The topological polar surface area (TPSA) is 9.23 Å². The van der Waals surface area contributed by atoms with Crippen molar-refractivity contribution >= 4 is 11.6 Å². The molecule has 2 aromatic rings. The Labute approximate surface area is 103 Å².